The largest absolute Gasteiger partial charge is 0.466 e. The van der Waals surface area contributed by atoms with Gasteiger partial charge in [0.15, 0.2) is 23.3 Å². The third kappa shape index (κ3) is 14.8. The lowest BCUT2D eigenvalue weighted by Crippen LogP contribution is -2.13. The Morgan fingerprint density at radius 3 is 1.20 bits per heavy atom. The van der Waals surface area contributed by atoms with Crippen molar-refractivity contribution in [3.05, 3.63) is 104 Å². The van der Waals surface area contributed by atoms with Crippen molar-refractivity contribution in [2.24, 2.45) is 17.8 Å². The number of nitrogens with one attached hydrogen (secondary N) is 2. The summed E-state index contributed by atoms with van der Waals surface area (Å²) in [5, 5.41) is 0. The Balaban J connectivity index is 1.48. The molecule has 0 amide bonds. The van der Waals surface area contributed by atoms with E-state index in [1.807, 2.05) is 52.0 Å². The highest BCUT2D eigenvalue weighted by atomic mass is 19.2. The molecule has 0 saturated carbocycles. The van der Waals surface area contributed by atoms with E-state index in [-0.39, 0.29) is 50.0 Å². The van der Waals surface area contributed by atoms with Crippen LogP contribution in [0.25, 0.3) is 44.4 Å². The van der Waals surface area contributed by atoms with Gasteiger partial charge in [0.2, 0.25) is 5.82 Å². The molecule has 8 bridgehead atoms. The number of carbonyl (C=O) groups is 4. The number of allylic oxidation sites excluding steroid dienone is 4. The zero-order valence-corrected chi connectivity index (χ0v) is 45.4. The van der Waals surface area contributed by atoms with Crippen molar-refractivity contribution >= 4 is 68.2 Å². The van der Waals surface area contributed by atoms with Crippen LogP contribution in [-0.2, 0) is 57.4 Å². The van der Waals surface area contributed by atoms with Gasteiger partial charge in [0.25, 0.3) is 0 Å². The molecule has 0 atom stereocenters. The van der Waals surface area contributed by atoms with E-state index in [1.165, 1.54) is 0 Å². The van der Waals surface area contributed by atoms with Gasteiger partial charge in [0.05, 0.1) is 49.2 Å². The number of hydrogen-bond donors (Lipinski definition) is 2. The lowest BCUT2D eigenvalue weighted by Gasteiger charge is -2.09. The van der Waals surface area contributed by atoms with E-state index in [0.29, 0.717) is 107 Å². The van der Waals surface area contributed by atoms with Gasteiger partial charge < -0.3 is 28.9 Å². The molecule has 0 aliphatic carbocycles. The Labute approximate surface area is 441 Å². The molecule has 76 heavy (non-hydrogen) atoms. The number of esters is 4. The molecule has 5 heterocycles. The van der Waals surface area contributed by atoms with Gasteiger partial charge in [-0.2, -0.15) is 0 Å². The van der Waals surface area contributed by atoms with Crippen LogP contribution in [0.15, 0.2) is 24.3 Å². The van der Waals surface area contributed by atoms with Gasteiger partial charge in [0, 0.05) is 59.7 Å². The first kappa shape index (κ1) is 58.6. The van der Waals surface area contributed by atoms with E-state index in [2.05, 4.69) is 51.5 Å². The number of hydrogen-bond acceptors (Lipinski definition) is 10. The summed E-state index contributed by atoms with van der Waals surface area (Å²) in [6.07, 6.45) is 2.64. The van der Waals surface area contributed by atoms with Gasteiger partial charge in [-0.25, -0.2) is 31.9 Å². The van der Waals surface area contributed by atoms with E-state index < -0.39 is 53.6 Å². The van der Waals surface area contributed by atoms with Gasteiger partial charge in [0.1, 0.15) is 0 Å². The second kappa shape index (κ2) is 26.4. The molecule has 12 nitrogen and oxygen atoms in total. The molecule has 2 aliphatic rings. The van der Waals surface area contributed by atoms with Gasteiger partial charge in [-0.05, 0) is 159 Å². The number of aromatic nitrogens is 4. The molecule has 3 aromatic heterocycles. The minimum atomic E-state index is -2.28. The van der Waals surface area contributed by atoms with Crippen molar-refractivity contribution in [3.8, 4) is 0 Å². The second-order valence-corrected chi connectivity index (χ2v) is 20.9. The summed E-state index contributed by atoms with van der Waals surface area (Å²) in [4.78, 5) is 70.0. The fourth-order valence-electron chi connectivity index (χ4n) is 9.05. The molecule has 2 aliphatic heterocycles. The predicted molar refractivity (Wildman–Crippen MR) is 283 cm³/mol. The van der Waals surface area contributed by atoms with Crippen molar-refractivity contribution in [1.29, 1.82) is 0 Å². The standard InChI is InChI=1S/C59H71F5N4O8/c1-31(2)19-23-73-51(69)15-11-38-34(7)43-28-48-40(13-17-53(71)75-25-21-33(5)6)36(9)45(67-48)30-50-41(14-18-54(72)76-26-22-42-55(60)57(62)59(64)58(63)56(42)61)37(10)46(68-50)29-49-39(12-16-52(70)74-24-20-32(3)4)35(8)44(66-49)27-47(38)65-43/h27-33,67-68H,11-26H2,1-10H3. The second-order valence-electron chi connectivity index (χ2n) is 20.9. The van der Waals surface area contributed by atoms with Gasteiger partial charge in [-0.15, -0.1) is 0 Å². The number of nitrogens with zero attached hydrogens (tertiary/aromatic N) is 2. The van der Waals surface area contributed by atoms with Crippen LogP contribution in [0.5, 0.6) is 0 Å². The molecule has 17 heteroatoms. The monoisotopic (exact) mass is 1060 g/mol. The van der Waals surface area contributed by atoms with E-state index in [9.17, 15) is 41.1 Å². The van der Waals surface area contributed by atoms with Gasteiger partial charge in [-0.1, -0.05) is 41.5 Å². The highest BCUT2D eigenvalue weighted by Crippen LogP contribution is 2.38. The molecular formula is C59H71F5N4O8. The Morgan fingerprint density at radius 2 is 0.763 bits per heavy atom. The SMILES string of the molecule is CC1=C(CCC(=O)OCCC(C)C)c2cc3nc(cc4[nH]c(cc5[nH]c(cc1n2)c(CCC(=O)OCCC(C)C)c5C)c(CCC(=O)OCCc1c(F)c(F)c(F)c(F)c1F)c4C)C(CCC(=O)OCCC(C)C)=C3C. The number of benzene rings is 1. The summed E-state index contributed by atoms with van der Waals surface area (Å²) < 4.78 is 92.4. The molecule has 0 unspecified atom stereocenters. The molecule has 410 valence electrons. The fourth-order valence-corrected chi connectivity index (χ4v) is 9.05. The molecule has 0 radical (unpaired) electrons. The van der Waals surface area contributed by atoms with Gasteiger partial charge in [-0.3, -0.25) is 19.2 Å². The number of ether oxygens (including phenoxy) is 4. The van der Waals surface area contributed by atoms with Crippen LogP contribution in [0.3, 0.4) is 0 Å². The van der Waals surface area contributed by atoms with Crippen molar-refractivity contribution in [2.75, 3.05) is 26.4 Å². The number of fused-ring (bicyclic) bond motifs is 8. The summed E-state index contributed by atoms with van der Waals surface area (Å²) >= 11 is 0. The summed E-state index contributed by atoms with van der Waals surface area (Å²) in [5.41, 5.74) is 10.4. The molecule has 1 aromatic carbocycles. The van der Waals surface area contributed by atoms with Crippen LogP contribution in [0.2, 0.25) is 0 Å². The first-order chi connectivity index (χ1) is 36.0. The number of halogens is 5. The highest BCUT2D eigenvalue weighted by Gasteiger charge is 2.27. The third-order valence-corrected chi connectivity index (χ3v) is 13.9. The normalized spacial score (nSPS) is 12.7. The van der Waals surface area contributed by atoms with Crippen LogP contribution in [0.4, 0.5) is 22.0 Å². The maximum Gasteiger partial charge on any atom is 0.306 e. The lowest BCUT2D eigenvalue weighted by molar-refractivity contribution is -0.144. The molecule has 6 rings (SSSR count). The van der Waals surface area contributed by atoms with Crippen molar-refractivity contribution in [2.45, 2.75) is 146 Å². The number of aromatic amines is 2. The molecule has 4 aromatic rings. The smallest absolute Gasteiger partial charge is 0.306 e. The van der Waals surface area contributed by atoms with Crippen molar-refractivity contribution in [3.63, 3.8) is 0 Å². The first-order valence-electron chi connectivity index (χ1n) is 26.3. The molecule has 0 fully saturated rings. The topological polar surface area (TPSA) is 163 Å². The average molecular weight is 1060 g/mol. The highest BCUT2D eigenvalue weighted by molar-refractivity contribution is 5.96. The fraction of sp³-hybridized carbons (Fsp3) is 0.492. The molecule has 2 N–H and O–H groups in total. The van der Waals surface area contributed by atoms with Gasteiger partial charge >= 0.3 is 23.9 Å². The Hall–Kier alpha value is -6.65. The minimum absolute atomic E-state index is 0.0918. The summed E-state index contributed by atoms with van der Waals surface area (Å²) in [6, 6.07) is 7.62. The maximum atomic E-state index is 14.4. The number of rotatable bonds is 24. The Kier molecular flexibility index (Phi) is 20.4. The zero-order chi connectivity index (χ0) is 55.5. The van der Waals surface area contributed by atoms with Crippen LogP contribution in [-0.4, -0.2) is 70.2 Å². The molecular weight excluding hydrogens is 988 g/mol. The number of H-pyrrole nitrogens is 2. The summed E-state index contributed by atoms with van der Waals surface area (Å²) in [5.74, 6) is -11.1. The van der Waals surface area contributed by atoms with E-state index in [0.717, 1.165) is 58.2 Å². The van der Waals surface area contributed by atoms with E-state index in [4.69, 9.17) is 28.9 Å². The Morgan fingerprint density at radius 1 is 0.421 bits per heavy atom. The van der Waals surface area contributed by atoms with Crippen LogP contribution in [0, 0.1) is 60.7 Å². The molecule has 0 saturated heterocycles. The Bertz CT molecular complexity index is 3050. The van der Waals surface area contributed by atoms with Crippen molar-refractivity contribution in [1.82, 2.24) is 19.9 Å². The summed E-state index contributed by atoms with van der Waals surface area (Å²) in [6.45, 7) is 20.4. The summed E-state index contributed by atoms with van der Waals surface area (Å²) in [7, 11) is 0. The molecule has 0 spiro atoms. The minimum Gasteiger partial charge on any atom is -0.466 e. The average Bonchev–Trinajstić information content (AvgIpc) is 4.03. The van der Waals surface area contributed by atoms with Crippen LogP contribution in [0.1, 0.15) is 164 Å². The quantitative estimate of drug-likeness (QED) is 0.0227. The van der Waals surface area contributed by atoms with Crippen molar-refractivity contribution < 1.29 is 60.1 Å². The van der Waals surface area contributed by atoms with E-state index >= 15 is 0 Å². The van der Waals surface area contributed by atoms with Crippen LogP contribution < -0.4 is 0 Å². The third-order valence-electron chi connectivity index (χ3n) is 13.9. The maximum absolute atomic E-state index is 14.4. The number of aryl methyl sites for hydroxylation is 4. The lowest BCUT2D eigenvalue weighted by atomic mass is 9.98. The zero-order valence-electron chi connectivity index (χ0n) is 45.4. The van der Waals surface area contributed by atoms with Crippen LogP contribution >= 0.6 is 0 Å². The predicted octanol–water partition coefficient (Wildman–Crippen LogP) is 13.5. The van der Waals surface area contributed by atoms with E-state index in [1.54, 1.807) is 0 Å². The first-order valence-corrected chi connectivity index (χ1v) is 26.3. The number of carbonyl (C=O) groups excluding carboxylic acids is 4.